The largest absolute Gasteiger partial charge is 0.478 e. The van der Waals surface area contributed by atoms with Crippen LogP contribution in [0, 0.1) is 0 Å². The van der Waals surface area contributed by atoms with Crippen molar-refractivity contribution < 1.29 is 14.7 Å². The molecule has 0 saturated heterocycles. The summed E-state index contributed by atoms with van der Waals surface area (Å²) in [5.74, 6) is -1.39. The van der Waals surface area contributed by atoms with E-state index in [-0.39, 0.29) is 11.5 Å². The first kappa shape index (κ1) is 22.7. The van der Waals surface area contributed by atoms with Crippen molar-refractivity contribution in [3.05, 3.63) is 70.1 Å². The van der Waals surface area contributed by atoms with Crippen LogP contribution in [0.15, 0.2) is 48.5 Å². The Morgan fingerprint density at radius 3 is 2.52 bits per heavy atom. The SMILES string of the molecule is CN(C)CCCN(C)Cc1cccc(-c2ccc3c(C(=O)O)cc4c(c3c2)=C[N]C(=O)C=4)c1. The third-order valence-corrected chi connectivity index (χ3v) is 5.90. The summed E-state index contributed by atoms with van der Waals surface area (Å²) < 4.78 is 0. The Kier molecular flexibility index (Phi) is 6.58. The van der Waals surface area contributed by atoms with Gasteiger partial charge in [0.1, 0.15) is 0 Å². The third-order valence-electron chi connectivity index (χ3n) is 5.90. The van der Waals surface area contributed by atoms with Crippen LogP contribution in [0.2, 0.25) is 0 Å². The Morgan fingerprint density at radius 2 is 1.76 bits per heavy atom. The average molecular weight is 443 g/mol. The summed E-state index contributed by atoms with van der Waals surface area (Å²) in [5.41, 5.74) is 3.47. The number of nitrogens with zero attached hydrogens (tertiary/aromatic N) is 3. The summed E-state index contributed by atoms with van der Waals surface area (Å²) in [6.07, 6.45) is 4.04. The molecule has 0 spiro atoms. The van der Waals surface area contributed by atoms with E-state index >= 15 is 0 Å². The van der Waals surface area contributed by atoms with Crippen molar-refractivity contribution in [2.45, 2.75) is 13.0 Å². The molecule has 1 radical (unpaired) electrons. The molecule has 0 bridgehead atoms. The number of rotatable bonds is 8. The van der Waals surface area contributed by atoms with Crippen molar-refractivity contribution >= 4 is 34.9 Å². The molecular formula is C27H28N3O3. The summed E-state index contributed by atoms with van der Waals surface area (Å²) in [6, 6.07) is 15.8. The molecule has 0 atom stereocenters. The number of fused-ring (bicyclic) bond motifs is 3. The summed E-state index contributed by atoms with van der Waals surface area (Å²) >= 11 is 0. The summed E-state index contributed by atoms with van der Waals surface area (Å²) in [7, 11) is 6.31. The van der Waals surface area contributed by atoms with Crippen molar-refractivity contribution in [1.82, 2.24) is 15.1 Å². The summed E-state index contributed by atoms with van der Waals surface area (Å²) in [6.45, 7) is 2.95. The predicted octanol–water partition coefficient (Wildman–Crippen LogP) is 2.25. The van der Waals surface area contributed by atoms with Crippen LogP contribution >= 0.6 is 0 Å². The lowest BCUT2D eigenvalue weighted by Crippen LogP contribution is -2.34. The molecule has 3 aromatic carbocycles. The lowest BCUT2D eigenvalue weighted by molar-refractivity contribution is -0.114. The third kappa shape index (κ3) is 5.13. The molecule has 0 aliphatic carbocycles. The fourth-order valence-corrected chi connectivity index (χ4v) is 4.28. The second-order valence-corrected chi connectivity index (χ2v) is 8.83. The highest BCUT2D eigenvalue weighted by Crippen LogP contribution is 2.25. The van der Waals surface area contributed by atoms with Gasteiger partial charge < -0.3 is 14.9 Å². The van der Waals surface area contributed by atoms with Crippen LogP contribution in [0.25, 0.3) is 34.2 Å². The van der Waals surface area contributed by atoms with Gasteiger partial charge in [0.05, 0.1) is 5.56 Å². The van der Waals surface area contributed by atoms with E-state index in [4.69, 9.17) is 0 Å². The molecule has 169 valence electrons. The molecule has 1 N–H and O–H groups in total. The number of carbonyl (C=O) groups is 2. The maximum Gasteiger partial charge on any atom is 0.336 e. The number of hydrogen-bond acceptors (Lipinski definition) is 4. The lowest BCUT2D eigenvalue weighted by Gasteiger charge is -2.18. The smallest absolute Gasteiger partial charge is 0.336 e. The van der Waals surface area contributed by atoms with Gasteiger partial charge in [-0.05, 0) is 91.5 Å². The van der Waals surface area contributed by atoms with Gasteiger partial charge in [-0.15, -0.1) is 0 Å². The van der Waals surface area contributed by atoms with Gasteiger partial charge in [-0.25, -0.2) is 10.1 Å². The van der Waals surface area contributed by atoms with Crippen LogP contribution in [-0.2, 0) is 11.3 Å². The molecule has 1 amide bonds. The number of carboxylic acids is 1. The quantitative estimate of drug-likeness (QED) is 0.579. The Bertz CT molecular complexity index is 1340. The van der Waals surface area contributed by atoms with Crippen molar-refractivity contribution in [1.29, 1.82) is 0 Å². The minimum atomic E-state index is -1.02. The Balaban J connectivity index is 1.70. The van der Waals surface area contributed by atoms with Crippen LogP contribution in [0.1, 0.15) is 22.3 Å². The second kappa shape index (κ2) is 9.57. The van der Waals surface area contributed by atoms with Gasteiger partial charge in [-0.2, -0.15) is 0 Å². The molecule has 4 rings (SSSR count). The second-order valence-electron chi connectivity index (χ2n) is 8.83. The number of aromatic carboxylic acids is 1. The van der Waals surface area contributed by atoms with Gasteiger partial charge in [0.2, 0.25) is 0 Å². The van der Waals surface area contributed by atoms with Crippen molar-refractivity contribution in [3.8, 4) is 11.1 Å². The first-order chi connectivity index (χ1) is 15.8. The lowest BCUT2D eigenvalue weighted by atomic mass is 9.95. The Morgan fingerprint density at radius 1 is 0.970 bits per heavy atom. The molecule has 1 aliphatic heterocycles. The topological polar surface area (TPSA) is 75.0 Å². The summed E-state index contributed by atoms with van der Waals surface area (Å²) in [4.78, 5) is 28.1. The van der Waals surface area contributed by atoms with Crippen molar-refractivity contribution in [3.63, 3.8) is 0 Å². The molecule has 6 nitrogen and oxygen atoms in total. The van der Waals surface area contributed by atoms with Gasteiger partial charge in [0.25, 0.3) is 5.91 Å². The predicted molar refractivity (Wildman–Crippen MR) is 131 cm³/mol. The molecule has 0 aromatic heterocycles. The normalized spacial score (nSPS) is 12.9. The zero-order valence-corrected chi connectivity index (χ0v) is 19.2. The molecular weight excluding hydrogens is 414 g/mol. The highest BCUT2D eigenvalue weighted by Gasteiger charge is 2.14. The highest BCUT2D eigenvalue weighted by molar-refractivity contribution is 6.10. The minimum absolute atomic E-state index is 0.183. The molecule has 1 aliphatic rings. The van der Waals surface area contributed by atoms with E-state index in [1.165, 1.54) is 17.8 Å². The molecule has 3 aromatic rings. The zero-order valence-electron chi connectivity index (χ0n) is 19.2. The maximum absolute atomic E-state index is 11.9. The molecule has 6 heteroatoms. The van der Waals surface area contributed by atoms with Gasteiger partial charge in [-0.3, -0.25) is 4.79 Å². The van der Waals surface area contributed by atoms with E-state index in [1.54, 1.807) is 6.07 Å². The monoisotopic (exact) mass is 442 g/mol. The van der Waals surface area contributed by atoms with E-state index in [0.717, 1.165) is 47.8 Å². The van der Waals surface area contributed by atoms with Crippen LogP contribution in [0.4, 0.5) is 0 Å². The Labute approximate surface area is 193 Å². The van der Waals surface area contributed by atoms with Crippen molar-refractivity contribution in [2.75, 3.05) is 34.2 Å². The van der Waals surface area contributed by atoms with E-state index in [1.807, 2.05) is 18.2 Å². The zero-order chi connectivity index (χ0) is 23.5. The first-order valence-electron chi connectivity index (χ1n) is 11.0. The van der Waals surface area contributed by atoms with Crippen LogP contribution in [-0.4, -0.2) is 61.0 Å². The van der Waals surface area contributed by atoms with Gasteiger partial charge in [0, 0.05) is 24.0 Å². The molecule has 0 saturated carbocycles. The number of carbonyl (C=O) groups excluding carboxylic acids is 1. The van der Waals surface area contributed by atoms with Gasteiger partial charge in [-0.1, -0.05) is 30.3 Å². The van der Waals surface area contributed by atoms with Gasteiger partial charge in [0.15, 0.2) is 0 Å². The van der Waals surface area contributed by atoms with E-state index < -0.39 is 5.97 Å². The van der Waals surface area contributed by atoms with Crippen LogP contribution in [0.3, 0.4) is 0 Å². The number of amides is 1. The van der Waals surface area contributed by atoms with Crippen molar-refractivity contribution in [2.24, 2.45) is 0 Å². The summed E-state index contributed by atoms with van der Waals surface area (Å²) in [5, 5.41) is 16.4. The first-order valence-corrected chi connectivity index (χ1v) is 11.0. The molecule has 0 fully saturated rings. The van der Waals surface area contributed by atoms with E-state index in [0.29, 0.717) is 10.6 Å². The highest BCUT2D eigenvalue weighted by atomic mass is 16.4. The Hall–Kier alpha value is -3.48. The average Bonchev–Trinajstić information content (AvgIpc) is 2.77. The van der Waals surface area contributed by atoms with E-state index in [9.17, 15) is 14.7 Å². The molecule has 1 heterocycles. The minimum Gasteiger partial charge on any atom is -0.478 e. The number of benzene rings is 3. The molecule has 0 unspecified atom stereocenters. The number of carboxylic acid groups (broad SMARTS) is 1. The standard InChI is InChI=1S/C27H28N3O3/c1-29(2)10-5-11-30(3)17-18-6-4-7-19(12-18)20-8-9-22-23(13-20)25-16-28-26(31)15-21(25)14-24(22)27(32)33/h4,6-9,12-16H,5,10-11,17H2,1-3H3,(H,32,33). The van der Waals surface area contributed by atoms with Crippen LogP contribution in [0.5, 0.6) is 0 Å². The number of hydrogen-bond donors (Lipinski definition) is 1. The fourth-order valence-electron chi connectivity index (χ4n) is 4.28. The van der Waals surface area contributed by atoms with E-state index in [2.05, 4.69) is 60.5 Å². The fraction of sp³-hybridized carbons (Fsp3) is 0.259. The van der Waals surface area contributed by atoms with Crippen LogP contribution < -0.4 is 15.8 Å². The molecule has 33 heavy (non-hydrogen) atoms. The van der Waals surface area contributed by atoms with Gasteiger partial charge >= 0.3 is 5.97 Å². The maximum atomic E-state index is 11.9.